The van der Waals surface area contributed by atoms with Crippen LogP contribution >= 0.6 is 11.3 Å². The number of nitrogens with one attached hydrogen (secondary N) is 1. The van der Waals surface area contributed by atoms with Crippen molar-refractivity contribution >= 4 is 23.0 Å². The van der Waals surface area contributed by atoms with E-state index in [9.17, 15) is 4.79 Å². The molecule has 1 aromatic carbocycles. The fourth-order valence-corrected chi connectivity index (χ4v) is 3.13. The number of carbonyl (C=O) groups is 1. The van der Waals surface area contributed by atoms with E-state index in [1.165, 1.54) is 4.88 Å². The summed E-state index contributed by atoms with van der Waals surface area (Å²) in [5.41, 5.74) is 0.553. The highest BCUT2D eigenvalue weighted by Crippen LogP contribution is 2.28. The van der Waals surface area contributed by atoms with Crippen LogP contribution in [0.2, 0.25) is 0 Å². The minimum Gasteiger partial charge on any atom is -0.497 e. The van der Waals surface area contributed by atoms with Crippen LogP contribution in [0.3, 0.4) is 0 Å². The maximum absolute atomic E-state index is 12.0. The second-order valence-electron chi connectivity index (χ2n) is 6.57. The molecule has 0 aliphatic rings. The molecule has 0 spiro atoms. The van der Waals surface area contributed by atoms with E-state index in [0.717, 1.165) is 11.4 Å². The lowest BCUT2D eigenvalue weighted by molar-refractivity contribution is -0.154. The van der Waals surface area contributed by atoms with Crippen LogP contribution in [-0.4, -0.2) is 18.7 Å². The third-order valence-electron chi connectivity index (χ3n) is 3.37. The molecule has 0 amide bonds. The number of rotatable bonds is 7. The summed E-state index contributed by atoms with van der Waals surface area (Å²) in [7, 11) is 1.65. The maximum Gasteiger partial charge on any atom is 0.306 e. The molecule has 0 saturated heterocycles. The van der Waals surface area contributed by atoms with Crippen LogP contribution in [0.4, 0.5) is 5.69 Å². The van der Waals surface area contributed by atoms with Crippen molar-refractivity contribution in [3.8, 4) is 5.75 Å². The summed E-state index contributed by atoms with van der Waals surface area (Å²) in [6, 6.07) is 12.0. The Morgan fingerprint density at radius 1 is 1.21 bits per heavy atom. The Labute approximate surface area is 147 Å². The Morgan fingerprint density at radius 3 is 2.46 bits per heavy atom. The summed E-state index contributed by atoms with van der Waals surface area (Å²) in [4.78, 5) is 13.2. The Morgan fingerprint density at radius 2 is 1.92 bits per heavy atom. The first-order valence-electron chi connectivity index (χ1n) is 8.03. The third-order valence-corrected chi connectivity index (χ3v) is 4.36. The molecular formula is C19H25NO3S. The zero-order valence-corrected chi connectivity index (χ0v) is 15.5. The Bertz CT molecular complexity index is 630. The fourth-order valence-electron chi connectivity index (χ4n) is 2.32. The molecule has 0 bridgehead atoms. The monoisotopic (exact) mass is 347 g/mol. The molecule has 130 valence electrons. The van der Waals surface area contributed by atoms with Crippen LogP contribution in [0.15, 0.2) is 41.8 Å². The zero-order chi connectivity index (χ0) is 17.6. The normalized spacial score (nSPS) is 12.5. The molecular weight excluding hydrogens is 322 g/mol. The molecule has 0 radical (unpaired) electrons. The van der Waals surface area contributed by atoms with E-state index < -0.39 is 5.60 Å². The van der Waals surface area contributed by atoms with Gasteiger partial charge in [0.25, 0.3) is 0 Å². The van der Waals surface area contributed by atoms with Crippen LogP contribution in [-0.2, 0) is 9.53 Å². The van der Waals surface area contributed by atoms with Gasteiger partial charge in [0, 0.05) is 17.0 Å². The van der Waals surface area contributed by atoms with E-state index in [2.05, 4.69) is 11.4 Å². The quantitative estimate of drug-likeness (QED) is 0.714. The summed E-state index contributed by atoms with van der Waals surface area (Å²) in [6.07, 6.45) is 1.06. The molecule has 1 aromatic heterocycles. The molecule has 0 aliphatic heterocycles. The van der Waals surface area contributed by atoms with Crippen molar-refractivity contribution in [2.75, 3.05) is 12.4 Å². The van der Waals surface area contributed by atoms with Crippen LogP contribution in [0.5, 0.6) is 5.75 Å². The van der Waals surface area contributed by atoms with Gasteiger partial charge in [0.2, 0.25) is 0 Å². The lowest BCUT2D eigenvalue weighted by atomic mass is 10.1. The van der Waals surface area contributed by atoms with Gasteiger partial charge in [-0.05, 0) is 62.9 Å². The standard InChI is InChI=1S/C19H25NO3S/c1-19(2,3)23-18(21)12-11-16(17-6-5-13-24-17)20-14-7-9-15(22-4)10-8-14/h5-10,13,16,20H,11-12H2,1-4H3. The SMILES string of the molecule is COc1ccc(NC(CCC(=O)OC(C)(C)C)c2cccs2)cc1. The summed E-state index contributed by atoms with van der Waals surface area (Å²) >= 11 is 1.68. The fraction of sp³-hybridized carbons (Fsp3) is 0.421. The highest BCUT2D eigenvalue weighted by atomic mass is 32.1. The van der Waals surface area contributed by atoms with E-state index in [-0.39, 0.29) is 12.0 Å². The topological polar surface area (TPSA) is 47.6 Å². The molecule has 1 heterocycles. The minimum atomic E-state index is -0.446. The molecule has 0 fully saturated rings. The van der Waals surface area contributed by atoms with E-state index in [1.807, 2.05) is 56.5 Å². The number of benzene rings is 1. The first-order chi connectivity index (χ1) is 11.4. The average molecular weight is 347 g/mol. The van der Waals surface area contributed by atoms with Crippen LogP contribution in [0, 0.1) is 0 Å². The second-order valence-corrected chi connectivity index (χ2v) is 7.55. The number of hydrogen-bond acceptors (Lipinski definition) is 5. The lowest BCUT2D eigenvalue weighted by Crippen LogP contribution is -2.24. The summed E-state index contributed by atoms with van der Waals surface area (Å²) in [5, 5.41) is 5.55. The van der Waals surface area contributed by atoms with Gasteiger partial charge in [0.1, 0.15) is 11.4 Å². The van der Waals surface area contributed by atoms with E-state index >= 15 is 0 Å². The van der Waals surface area contributed by atoms with Gasteiger partial charge in [-0.25, -0.2) is 0 Å². The van der Waals surface area contributed by atoms with E-state index in [0.29, 0.717) is 12.8 Å². The summed E-state index contributed by atoms with van der Waals surface area (Å²) in [6.45, 7) is 5.66. The molecule has 4 nitrogen and oxygen atoms in total. The number of anilines is 1. The minimum absolute atomic E-state index is 0.0749. The number of ether oxygens (including phenoxy) is 2. The number of esters is 1. The van der Waals surface area contributed by atoms with Gasteiger partial charge in [0.15, 0.2) is 0 Å². The van der Waals surface area contributed by atoms with Gasteiger partial charge in [-0.2, -0.15) is 0 Å². The molecule has 24 heavy (non-hydrogen) atoms. The number of thiophene rings is 1. The smallest absolute Gasteiger partial charge is 0.306 e. The molecule has 2 aromatic rings. The first kappa shape index (κ1) is 18.3. The highest BCUT2D eigenvalue weighted by Gasteiger charge is 2.19. The first-order valence-corrected chi connectivity index (χ1v) is 8.91. The molecule has 1 unspecified atom stereocenters. The average Bonchev–Trinajstić information content (AvgIpc) is 3.04. The van der Waals surface area contributed by atoms with Crippen LogP contribution in [0.1, 0.15) is 44.5 Å². The van der Waals surface area contributed by atoms with Gasteiger partial charge in [-0.3, -0.25) is 4.79 Å². The largest absolute Gasteiger partial charge is 0.497 e. The van der Waals surface area contributed by atoms with Crippen molar-refractivity contribution in [3.63, 3.8) is 0 Å². The zero-order valence-electron chi connectivity index (χ0n) is 14.7. The number of hydrogen-bond donors (Lipinski definition) is 1. The predicted molar refractivity (Wildman–Crippen MR) is 98.8 cm³/mol. The summed E-state index contributed by atoms with van der Waals surface area (Å²) in [5.74, 6) is 0.655. The maximum atomic E-state index is 12.0. The molecule has 2 rings (SSSR count). The molecule has 1 atom stereocenters. The van der Waals surface area contributed by atoms with Crippen molar-refractivity contribution in [1.82, 2.24) is 0 Å². The second kappa shape index (κ2) is 8.20. The molecule has 0 saturated carbocycles. The third kappa shape index (κ3) is 5.89. The van der Waals surface area contributed by atoms with Crippen molar-refractivity contribution < 1.29 is 14.3 Å². The summed E-state index contributed by atoms with van der Waals surface area (Å²) < 4.78 is 10.6. The van der Waals surface area contributed by atoms with Gasteiger partial charge in [0.05, 0.1) is 13.2 Å². The van der Waals surface area contributed by atoms with Gasteiger partial charge in [-0.15, -0.1) is 11.3 Å². The molecule has 5 heteroatoms. The van der Waals surface area contributed by atoms with Gasteiger partial charge in [-0.1, -0.05) is 6.07 Å². The van der Waals surface area contributed by atoms with Crippen LogP contribution in [0.25, 0.3) is 0 Å². The van der Waals surface area contributed by atoms with Crippen molar-refractivity contribution in [2.45, 2.75) is 45.3 Å². The Balaban J connectivity index is 2.01. The van der Waals surface area contributed by atoms with Crippen molar-refractivity contribution in [3.05, 3.63) is 46.7 Å². The van der Waals surface area contributed by atoms with Crippen molar-refractivity contribution in [1.29, 1.82) is 0 Å². The van der Waals surface area contributed by atoms with Gasteiger partial charge < -0.3 is 14.8 Å². The lowest BCUT2D eigenvalue weighted by Gasteiger charge is -2.22. The van der Waals surface area contributed by atoms with Gasteiger partial charge >= 0.3 is 5.97 Å². The predicted octanol–water partition coefficient (Wildman–Crippen LogP) is 5.03. The Hall–Kier alpha value is -2.01. The number of methoxy groups -OCH3 is 1. The Kier molecular flexibility index (Phi) is 6.26. The highest BCUT2D eigenvalue weighted by molar-refractivity contribution is 7.10. The van der Waals surface area contributed by atoms with E-state index in [1.54, 1.807) is 18.4 Å². The molecule has 1 N–H and O–H groups in total. The van der Waals surface area contributed by atoms with Crippen LogP contribution < -0.4 is 10.1 Å². The number of carbonyl (C=O) groups excluding carboxylic acids is 1. The van der Waals surface area contributed by atoms with Crippen molar-refractivity contribution in [2.24, 2.45) is 0 Å². The molecule has 0 aliphatic carbocycles. The van der Waals surface area contributed by atoms with E-state index in [4.69, 9.17) is 9.47 Å².